The maximum atomic E-state index is 13.1. The van der Waals surface area contributed by atoms with Gasteiger partial charge in [0.15, 0.2) is 0 Å². The number of carbonyl (C=O) groups is 1. The number of hydrogen-bond donors (Lipinski definition) is 1. The number of benzene rings is 2. The van der Waals surface area contributed by atoms with Crippen molar-refractivity contribution < 1.29 is 13.2 Å². The number of fused-ring (bicyclic) bond motifs is 1. The van der Waals surface area contributed by atoms with Crippen LogP contribution in [0.15, 0.2) is 53.4 Å². The highest BCUT2D eigenvalue weighted by atomic mass is 32.2. The van der Waals surface area contributed by atoms with Crippen molar-refractivity contribution in [3.8, 4) is 0 Å². The molecular formula is C25H33N3O3S. The van der Waals surface area contributed by atoms with Crippen LogP contribution < -0.4 is 10.2 Å². The molecule has 32 heavy (non-hydrogen) atoms. The smallest absolute Gasteiger partial charge is 0.243 e. The molecule has 1 saturated heterocycles. The van der Waals surface area contributed by atoms with Gasteiger partial charge < -0.3 is 10.2 Å². The third-order valence-corrected chi connectivity index (χ3v) is 8.82. The van der Waals surface area contributed by atoms with Crippen LogP contribution in [0.2, 0.25) is 0 Å². The molecular weight excluding hydrogens is 422 g/mol. The van der Waals surface area contributed by atoms with Crippen LogP contribution in [-0.2, 0) is 27.7 Å². The summed E-state index contributed by atoms with van der Waals surface area (Å²) in [6, 6.07) is 15.8. The molecule has 1 amide bonds. The number of nitrogens with zero attached hydrogens (tertiary/aromatic N) is 2. The first-order valence-electron chi connectivity index (χ1n) is 11.5. The van der Waals surface area contributed by atoms with Gasteiger partial charge in [-0.25, -0.2) is 8.42 Å². The second-order valence-electron chi connectivity index (χ2n) is 9.00. The van der Waals surface area contributed by atoms with Crippen molar-refractivity contribution in [3.05, 3.63) is 59.7 Å². The number of carbonyl (C=O) groups excluding carboxylic acids is 1. The van der Waals surface area contributed by atoms with E-state index in [2.05, 4.69) is 29.3 Å². The molecule has 6 nitrogen and oxygen atoms in total. The van der Waals surface area contributed by atoms with Crippen LogP contribution >= 0.6 is 0 Å². The van der Waals surface area contributed by atoms with E-state index in [-0.39, 0.29) is 17.9 Å². The molecule has 1 aliphatic heterocycles. The Morgan fingerprint density at radius 1 is 1.09 bits per heavy atom. The van der Waals surface area contributed by atoms with Gasteiger partial charge in [-0.2, -0.15) is 4.31 Å². The molecule has 2 aromatic rings. The van der Waals surface area contributed by atoms with Crippen LogP contribution in [0.3, 0.4) is 0 Å². The minimum atomic E-state index is -3.51. The summed E-state index contributed by atoms with van der Waals surface area (Å²) in [4.78, 5) is 15.3. The molecule has 0 aromatic heterocycles. The summed E-state index contributed by atoms with van der Waals surface area (Å²) in [5, 5.41) is 3.07. The number of rotatable bonds is 7. The Balaban J connectivity index is 1.29. The zero-order valence-corrected chi connectivity index (χ0v) is 19.8. The fourth-order valence-electron chi connectivity index (χ4n) is 4.66. The fraction of sp³-hybridized carbons (Fsp3) is 0.480. The number of piperidine rings is 1. The van der Waals surface area contributed by atoms with Gasteiger partial charge in [-0.1, -0.05) is 24.3 Å². The van der Waals surface area contributed by atoms with Gasteiger partial charge in [0.25, 0.3) is 0 Å². The van der Waals surface area contributed by atoms with Gasteiger partial charge in [0.05, 0.1) is 4.90 Å². The average molecular weight is 456 g/mol. The predicted molar refractivity (Wildman–Crippen MR) is 127 cm³/mol. The lowest BCUT2D eigenvalue weighted by molar-refractivity contribution is -0.126. The third-order valence-electron chi connectivity index (χ3n) is 6.93. The van der Waals surface area contributed by atoms with Gasteiger partial charge in [-0.15, -0.1) is 0 Å². The van der Waals surface area contributed by atoms with E-state index >= 15 is 0 Å². The highest BCUT2D eigenvalue weighted by Crippen LogP contribution is 2.28. The normalized spacial score (nSPS) is 18.2. The van der Waals surface area contributed by atoms with Crippen LogP contribution in [0.1, 0.15) is 37.3 Å². The second kappa shape index (κ2) is 9.63. The standard InChI is InChI=1S/C25H33N3O3S/c1-19(27(2)23-9-4-3-5-10-23)18-26-25(29)21-13-15-28(16-14-21)32(30,31)24-12-11-20-7-6-8-22(20)17-24/h3-5,9-12,17,19,21H,6-8,13-16,18H2,1-2H3,(H,26,29)/t19-/m1/s1. The molecule has 0 saturated carbocycles. The van der Waals surface area contributed by atoms with Crippen molar-refractivity contribution in [2.24, 2.45) is 5.92 Å². The van der Waals surface area contributed by atoms with Gasteiger partial charge in [0.2, 0.25) is 15.9 Å². The Bertz CT molecular complexity index is 1050. The molecule has 1 heterocycles. The Morgan fingerprint density at radius 3 is 2.50 bits per heavy atom. The number of hydrogen-bond acceptors (Lipinski definition) is 4. The molecule has 172 valence electrons. The predicted octanol–water partition coefficient (Wildman–Crippen LogP) is 3.22. The number of amides is 1. The summed E-state index contributed by atoms with van der Waals surface area (Å²) < 4.78 is 27.8. The Labute approximate surface area is 191 Å². The summed E-state index contributed by atoms with van der Waals surface area (Å²) in [6.45, 7) is 3.41. The number of nitrogens with one attached hydrogen (secondary N) is 1. The maximum Gasteiger partial charge on any atom is 0.243 e. The van der Waals surface area contributed by atoms with Crippen LogP contribution in [0.25, 0.3) is 0 Å². The van der Waals surface area contributed by atoms with E-state index in [0.29, 0.717) is 37.4 Å². The van der Waals surface area contributed by atoms with Crippen molar-refractivity contribution in [3.63, 3.8) is 0 Å². The quantitative estimate of drug-likeness (QED) is 0.696. The van der Waals surface area contributed by atoms with E-state index in [1.807, 2.05) is 37.4 Å². The van der Waals surface area contributed by atoms with E-state index in [1.54, 1.807) is 10.4 Å². The lowest BCUT2D eigenvalue weighted by Crippen LogP contribution is -2.46. The third kappa shape index (κ3) is 4.84. The van der Waals surface area contributed by atoms with Crippen molar-refractivity contribution in [2.75, 3.05) is 31.6 Å². The van der Waals surface area contributed by atoms with Crippen molar-refractivity contribution in [1.82, 2.24) is 9.62 Å². The first-order chi connectivity index (χ1) is 15.4. The lowest BCUT2D eigenvalue weighted by Gasteiger charge is -2.32. The van der Waals surface area contributed by atoms with Crippen molar-refractivity contribution >= 4 is 21.6 Å². The molecule has 4 rings (SSSR count). The van der Waals surface area contributed by atoms with Crippen LogP contribution in [0, 0.1) is 5.92 Å². The Morgan fingerprint density at radius 2 is 1.78 bits per heavy atom. The maximum absolute atomic E-state index is 13.1. The highest BCUT2D eigenvalue weighted by Gasteiger charge is 2.32. The van der Waals surface area contributed by atoms with Crippen molar-refractivity contribution in [2.45, 2.75) is 50.0 Å². The van der Waals surface area contributed by atoms with E-state index in [9.17, 15) is 13.2 Å². The van der Waals surface area contributed by atoms with E-state index in [0.717, 1.165) is 30.5 Å². The van der Waals surface area contributed by atoms with E-state index < -0.39 is 10.0 Å². The monoisotopic (exact) mass is 455 g/mol. The topological polar surface area (TPSA) is 69.7 Å². The zero-order valence-electron chi connectivity index (χ0n) is 19.0. The minimum Gasteiger partial charge on any atom is -0.370 e. The number of sulfonamides is 1. The molecule has 0 radical (unpaired) electrons. The number of aryl methyl sites for hydroxylation is 2. The SMILES string of the molecule is C[C@H](CNC(=O)C1CCN(S(=O)(=O)c2ccc3c(c2)CCC3)CC1)N(C)c1ccccc1. The van der Waals surface area contributed by atoms with Gasteiger partial charge in [0.1, 0.15) is 0 Å². The molecule has 1 atom stereocenters. The van der Waals surface area contributed by atoms with E-state index in [1.165, 1.54) is 5.56 Å². The summed E-state index contributed by atoms with van der Waals surface area (Å²) in [5.41, 5.74) is 3.54. The Hall–Kier alpha value is -2.38. The van der Waals surface area contributed by atoms with Crippen molar-refractivity contribution in [1.29, 1.82) is 0 Å². The molecule has 0 spiro atoms. The molecule has 7 heteroatoms. The van der Waals surface area contributed by atoms with Crippen LogP contribution in [0.4, 0.5) is 5.69 Å². The summed E-state index contributed by atoms with van der Waals surface area (Å²) in [6.07, 6.45) is 4.20. The molecule has 2 aliphatic rings. The van der Waals surface area contributed by atoms with Gasteiger partial charge in [-0.3, -0.25) is 4.79 Å². The first-order valence-corrected chi connectivity index (χ1v) is 13.0. The molecule has 2 aromatic carbocycles. The molecule has 1 N–H and O–H groups in total. The summed E-state index contributed by atoms with van der Waals surface area (Å²) in [7, 11) is -1.48. The minimum absolute atomic E-state index is 0.0212. The molecule has 1 aliphatic carbocycles. The largest absolute Gasteiger partial charge is 0.370 e. The van der Waals surface area contributed by atoms with E-state index in [4.69, 9.17) is 0 Å². The highest BCUT2D eigenvalue weighted by molar-refractivity contribution is 7.89. The second-order valence-corrected chi connectivity index (χ2v) is 10.9. The first kappa shape index (κ1) is 22.8. The number of likely N-dealkylation sites (N-methyl/N-ethyl adjacent to an activating group) is 1. The fourth-order valence-corrected chi connectivity index (χ4v) is 6.18. The summed E-state index contributed by atoms with van der Waals surface area (Å²) in [5.74, 6) is -0.122. The lowest BCUT2D eigenvalue weighted by atomic mass is 9.97. The molecule has 1 fully saturated rings. The van der Waals surface area contributed by atoms with Gasteiger partial charge in [0, 0.05) is 44.3 Å². The van der Waals surface area contributed by atoms with Gasteiger partial charge in [-0.05, 0) is 74.4 Å². The molecule has 0 bridgehead atoms. The summed E-state index contributed by atoms with van der Waals surface area (Å²) >= 11 is 0. The number of para-hydroxylation sites is 1. The van der Waals surface area contributed by atoms with Crippen LogP contribution in [-0.4, -0.2) is 51.4 Å². The van der Waals surface area contributed by atoms with Crippen LogP contribution in [0.5, 0.6) is 0 Å². The zero-order chi connectivity index (χ0) is 22.7. The Kier molecular flexibility index (Phi) is 6.86. The average Bonchev–Trinajstić information content (AvgIpc) is 3.30. The molecule has 0 unspecified atom stereocenters. The number of anilines is 1. The van der Waals surface area contributed by atoms with Gasteiger partial charge >= 0.3 is 0 Å².